The van der Waals surface area contributed by atoms with Crippen molar-refractivity contribution in [2.24, 2.45) is 0 Å². The predicted octanol–water partition coefficient (Wildman–Crippen LogP) is 6.73. The van der Waals surface area contributed by atoms with Gasteiger partial charge in [0.15, 0.2) is 14.4 Å². The van der Waals surface area contributed by atoms with Gasteiger partial charge >= 0.3 is 7.82 Å². The van der Waals surface area contributed by atoms with Crippen molar-refractivity contribution >= 4 is 16.1 Å². The zero-order valence-electron chi connectivity index (χ0n) is 19.0. The van der Waals surface area contributed by atoms with E-state index in [0.717, 1.165) is 12.0 Å². The molecule has 7 heteroatoms. The van der Waals surface area contributed by atoms with Gasteiger partial charge in [-0.2, -0.15) is 0 Å². The van der Waals surface area contributed by atoms with E-state index in [1.807, 2.05) is 30.3 Å². The summed E-state index contributed by atoms with van der Waals surface area (Å²) in [6, 6.07) is 9.49. The highest BCUT2D eigenvalue weighted by molar-refractivity contribution is 7.48. The molecule has 1 aromatic rings. The molecule has 1 unspecified atom stereocenters. The maximum Gasteiger partial charge on any atom is 0.476 e. The zero-order chi connectivity index (χ0) is 22.0. The molecule has 0 aromatic heterocycles. The minimum Gasteiger partial charge on any atom is -0.417 e. The molecule has 0 aliphatic carbocycles. The number of hydrogen-bond donors (Lipinski definition) is 0. The lowest BCUT2D eigenvalue weighted by molar-refractivity contribution is 0.104. The number of unbranched alkanes of at least 4 members (excludes halogenated alkanes) is 1. The quantitative estimate of drug-likeness (QED) is 0.165. The van der Waals surface area contributed by atoms with Crippen LogP contribution < -0.4 is 0 Å². The van der Waals surface area contributed by atoms with Crippen LogP contribution in [0.15, 0.2) is 30.3 Å². The van der Waals surface area contributed by atoms with Gasteiger partial charge in [0.1, 0.15) is 0 Å². The largest absolute Gasteiger partial charge is 0.476 e. The van der Waals surface area contributed by atoms with Crippen LogP contribution in [0.1, 0.15) is 59.1 Å². The fourth-order valence-corrected chi connectivity index (χ4v) is 4.56. The standard InChI is InChI=1S/C22H37O5PSi/c1-8-24-28(23,25-9-2)27-21(20-16-12-10-13-17-20)18-14-11-15-19-26-29(6,7)22(3,4)5/h10,12-13,16-17,21H,8-9,11,15,19H2,1-7H3. The Morgan fingerprint density at radius 3 is 2.17 bits per heavy atom. The second-order valence-corrected chi connectivity index (χ2v) is 14.6. The molecule has 1 atom stereocenters. The molecular weight excluding hydrogens is 403 g/mol. The van der Waals surface area contributed by atoms with E-state index in [9.17, 15) is 4.57 Å². The molecule has 0 aliphatic rings. The molecule has 0 radical (unpaired) electrons. The minimum atomic E-state index is -3.66. The summed E-state index contributed by atoms with van der Waals surface area (Å²) in [7, 11) is -5.40. The van der Waals surface area contributed by atoms with Gasteiger partial charge in [-0.1, -0.05) is 57.0 Å². The Kier molecular flexibility index (Phi) is 10.8. The normalized spacial score (nSPS) is 13.6. The number of hydrogen-bond acceptors (Lipinski definition) is 5. The summed E-state index contributed by atoms with van der Waals surface area (Å²) < 4.78 is 35.2. The Morgan fingerprint density at radius 1 is 1.07 bits per heavy atom. The molecule has 0 spiro atoms. The molecule has 5 nitrogen and oxygen atoms in total. The third-order valence-corrected chi connectivity index (χ3v) is 11.0. The zero-order valence-corrected chi connectivity index (χ0v) is 20.9. The van der Waals surface area contributed by atoms with Crippen LogP contribution in [0, 0.1) is 11.8 Å². The Hall–Kier alpha value is -0.933. The van der Waals surface area contributed by atoms with Gasteiger partial charge < -0.3 is 4.43 Å². The molecule has 1 aromatic carbocycles. The maximum absolute atomic E-state index is 12.8. The van der Waals surface area contributed by atoms with E-state index in [1.54, 1.807) is 13.8 Å². The van der Waals surface area contributed by atoms with E-state index >= 15 is 0 Å². The first-order chi connectivity index (χ1) is 13.5. The van der Waals surface area contributed by atoms with Gasteiger partial charge in [0.25, 0.3) is 0 Å². The Bertz CT molecular complexity index is 693. The highest BCUT2D eigenvalue weighted by Gasteiger charge is 2.36. The molecule has 0 N–H and O–H groups in total. The highest BCUT2D eigenvalue weighted by atomic mass is 31.2. The van der Waals surface area contributed by atoms with Crippen LogP contribution >= 0.6 is 7.82 Å². The Labute approximate surface area is 178 Å². The molecule has 29 heavy (non-hydrogen) atoms. The summed E-state index contributed by atoms with van der Waals surface area (Å²) >= 11 is 0. The van der Waals surface area contributed by atoms with Crippen LogP contribution in [0.25, 0.3) is 0 Å². The van der Waals surface area contributed by atoms with Crippen LogP contribution in [0.5, 0.6) is 0 Å². The van der Waals surface area contributed by atoms with Crippen molar-refractivity contribution in [1.29, 1.82) is 0 Å². The summed E-state index contributed by atoms with van der Waals surface area (Å²) in [4.78, 5) is 0. The van der Waals surface area contributed by atoms with E-state index in [-0.39, 0.29) is 18.3 Å². The lowest BCUT2D eigenvalue weighted by Crippen LogP contribution is -2.40. The van der Waals surface area contributed by atoms with Gasteiger partial charge in [0, 0.05) is 13.0 Å². The first-order valence-corrected chi connectivity index (χ1v) is 14.7. The van der Waals surface area contributed by atoms with Gasteiger partial charge in [0.2, 0.25) is 0 Å². The summed E-state index contributed by atoms with van der Waals surface area (Å²) in [6.45, 7) is 15.9. The van der Waals surface area contributed by atoms with Crippen molar-refractivity contribution in [3.05, 3.63) is 35.9 Å². The molecule has 0 saturated carbocycles. The molecule has 0 saturated heterocycles. The smallest absolute Gasteiger partial charge is 0.417 e. The van der Waals surface area contributed by atoms with E-state index in [4.69, 9.17) is 18.0 Å². The molecule has 1 rings (SSSR count). The van der Waals surface area contributed by atoms with E-state index in [0.29, 0.717) is 13.0 Å². The number of phosphoric ester groups is 1. The maximum atomic E-state index is 12.8. The van der Waals surface area contributed by atoms with Crippen molar-refractivity contribution in [3.8, 4) is 11.8 Å². The monoisotopic (exact) mass is 440 g/mol. The summed E-state index contributed by atoms with van der Waals surface area (Å²) in [5.41, 5.74) is 0.817. The van der Waals surface area contributed by atoms with E-state index in [2.05, 4.69) is 45.7 Å². The van der Waals surface area contributed by atoms with Gasteiger partial charge in [-0.25, -0.2) is 4.57 Å². The topological polar surface area (TPSA) is 54.0 Å². The molecule has 0 amide bonds. The van der Waals surface area contributed by atoms with Gasteiger partial charge in [-0.3, -0.25) is 13.6 Å². The summed E-state index contributed by atoms with van der Waals surface area (Å²) in [5, 5.41) is 0.199. The van der Waals surface area contributed by atoms with Crippen molar-refractivity contribution < 1.29 is 22.6 Å². The minimum absolute atomic E-state index is 0.199. The van der Waals surface area contributed by atoms with E-state index < -0.39 is 22.2 Å². The van der Waals surface area contributed by atoms with Crippen molar-refractivity contribution in [2.45, 2.75) is 71.7 Å². The first kappa shape index (κ1) is 26.1. The fourth-order valence-electron chi connectivity index (χ4n) is 2.21. The van der Waals surface area contributed by atoms with Crippen LogP contribution in [0.3, 0.4) is 0 Å². The SMILES string of the molecule is CCOP(=O)(OCC)OC(C#CCCCO[Si](C)(C)C(C)(C)C)c1ccccc1. The molecule has 0 aliphatic heterocycles. The summed E-state index contributed by atoms with van der Waals surface area (Å²) in [6.07, 6.45) is 0.839. The van der Waals surface area contributed by atoms with Gasteiger partial charge in [-0.05, 0) is 44.0 Å². The average Bonchev–Trinajstić information content (AvgIpc) is 2.63. The molecular formula is C22H37O5PSi. The third kappa shape index (κ3) is 9.17. The van der Waals surface area contributed by atoms with Crippen LogP contribution in [-0.4, -0.2) is 28.1 Å². The van der Waals surface area contributed by atoms with Crippen molar-refractivity contribution in [3.63, 3.8) is 0 Å². The van der Waals surface area contributed by atoms with Crippen molar-refractivity contribution in [1.82, 2.24) is 0 Å². The van der Waals surface area contributed by atoms with Crippen LogP contribution in [0.4, 0.5) is 0 Å². The third-order valence-electron chi connectivity index (χ3n) is 4.86. The second-order valence-electron chi connectivity index (χ2n) is 8.21. The number of phosphoric acid groups is 1. The average molecular weight is 441 g/mol. The fraction of sp³-hybridized carbons (Fsp3) is 0.636. The second kappa shape index (κ2) is 12.1. The summed E-state index contributed by atoms with van der Waals surface area (Å²) in [5.74, 6) is 6.23. The van der Waals surface area contributed by atoms with Crippen molar-refractivity contribution in [2.75, 3.05) is 19.8 Å². The van der Waals surface area contributed by atoms with Crippen LogP contribution in [0.2, 0.25) is 18.1 Å². The highest BCUT2D eigenvalue weighted by Crippen LogP contribution is 2.52. The Balaban J connectivity index is 2.76. The lowest BCUT2D eigenvalue weighted by Gasteiger charge is -2.36. The predicted molar refractivity (Wildman–Crippen MR) is 121 cm³/mol. The molecule has 0 heterocycles. The first-order valence-electron chi connectivity index (χ1n) is 10.3. The van der Waals surface area contributed by atoms with Gasteiger partial charge in [0.05, 0.1) is 13.2 Å². The van der Waals surface area contributed by atoms with Gasteiger partial charge in [-0.15, -0.1) is 5.92 Å². The van der Waals surface area contributed by atoms with Crippen LogP contribution in [-0.2, 0) is 22.6 Å². The molecule has 0 bridgehead atoms. The number of benzene rings is 1. The lowest BCUT2D eigenvalue weighted by atomic mass is 10.1. The molecule has 0 fully saturated rings. The van der Waals surface area contributed by atoms with E-state index in [1.165, 1.54) is 0 Å². The number of rotatable bonds is 11. The Morgan fingerprint density at radius 2 is 1.66 bits per heavy atom. The molecule has 164 valence electrons.